The van der Waals surface area contributed by atoms with Gasteiger partial charge in [0.15, 0.2) is 23.0 Å². The van der Waals surface area contributed by atoms with E-state index >= 15 is 0 Å². The van der Waals surface area contributed by atoms with Gasteiger partial charge in [0.2, 0.25) is 0 Å². The zero-order valence-corrected chi connectivity index (χ0v) is 15.7. The molecule has 4 rings (SSSR count). The summed E-state index contributed by atoms with van der Waals surface area (Å²) in [6, 6.07) is 11.8. The molecule has 146 valence electrons. The maximum atomic E-state index is 14.0. The summed E-state index contributed by atoms with van der Waals surface area (Å²) < 4.78 is 25.1. The molecule has 2 amide bonds. The van der Waals surface area contributed by atoms with Gasteiger partial charge in [-0.1, -0.05) is 12.1 Å². The molecule has 1 aliphatic heterocycles. The summed E-state index contributed by atoms with van der Waals surface area (Å²) in [4.78, 5) is 18.9. The van der Waals surface area contributed by atoms with Crippen LogP contribution < -0.4 is 10.1 Å². The van der Waals surface area contributed by atoms with Crippen molar-refractivity contribution in [2.75, 3.05) is 25.0 Å². The van der Waals surface area contributed by atoms with Gasteiger partial charge in [0.25, 0.3) is 0 Å². The van der Waals surface area contributed by atoms with E-state index in [1.807, 2.05) is 24.3 Å². The van der Waals surface area contributed by atoms with Crippen molar-refractivity contribution in [1.29, 1.82) is 0 Å². The highest BCUT2D eigenvalue weighted by Gasteiger charge is 2.28. The Bertz CT molecular complexity index is 955. The van der Waals surface area contributed by atoms with Crippen LogP contribution in [0.1, 0.15) is 31.6 Å². The molecule has 6 nitrogen and oxygen atoms in total. The number of fused-ring (bicyclic) bond motifs is 1. The minimum Gasteiger partial charge on any atom is -0.491 e. The minimum absolute atomic E-state index is 0.0453. The van der Waals surface area contributed by atoms with Crippen LogP contribution in [0.2, 0.25) is 0 Å². The fourth-order valence-electron chi connectivity index (χ4n) is 3.48. The van der Waals surface area contributed by atoms with E-state index in [0.29, 0.717) is 31.3 Å². The van der Waals surface area contributed by atoms with Gasteiger partial charge in [-0.3, -0.25) is 0 Å². The quantitative estimate of drug-likeness (QED) is 0.704. The Morgan fingerprint density at radius 1 is 1.36 bits per heavy atom. The number of nitrogens with one attached hydrogen (secondary N) is 1. The fraction of sp³-hybridized carbons (Fsp3) is 0.333. The number of urea groups is 1. The lowest BCUT2D eigenvalue weighted by Gasteiger charge is -2.31. The van der Waals surface area contributed by atoms with Crippen molar-refractivity contribution in [3.8, 4) is 5.75 Å². The molecule has 28 heavy (non-hydrogen) atoms. The third-order valence-electron chi connectivity index (χ3n) is 4.85. The largest absolute Gasteiger partial charge is 0.491 e. The monoisotopic (exact) mass is 383 g/mol. The van der Waals surface area contributed by atoms with Crippen LogP contribution in [0.15, 0.2) is 46.9 Å². The second-order valence-electron chi connectivity index (χ2n) is 6.81. The number of aromatic nitrogens is 1. The number of carbonyl (C=O) groups is 1. The van der Waals surface area contributed by atoms with Crippen LogP contribution in [0.25, 0.3) is 11.1 Å². The SMILES string of the molecule is CCOc1ccc(NC(=O)N2CCCC(c3nc4ccccc4o3)C2)cc1F. The van der Waals surface area contributed by atoms with E-state index in [1.165, 1.54) is 12.1 Å². The van der Waals surface area contributed by atoms with Gasteiger partial charge in [-0.05, 0) is 44.0 Å². The molecule has 1 atom stereocenters. The Morgan fingerprint density at radius 3 is 3.00 bits per heavy atom. The van der Waals surface area contributed by atoms with Crippen molar-refractivity contribution in [3.05, 3.63) is 54.2 Å². The van der Waals surface area contributed by atoms with Crippen molar-refractivity contribution < 1.29 is 18.3 Å². The molecule has 0 aliphatic carbocycles. The smallest absolute Gasteiger partial charge is 0.321 e. The van der Waals surface area contributed by atoms with Gasteiger partial charge in [0, 0.05) is 24.8 Å². The number of rotatable bonds is 4. The number of benzene rings is 2. The second kappa shape index (κ2) is 7.88. The maximum Gasteiger partial charge on any atom is 0.321 e. The molecule has 2 aromatic carbocycles. The topological polar surface area (TPSA) is 67.6 Å². The minimum atomic E-state index is -0.498. The number of amides is 2. The molecule has 0 bridgehead atoms. The molecule has 1 unspecified atom stereocenters. The average Bonchev–Trinajstić information content (AvgIpc) is 3.14. The van der Waals surface area contributed by atoms with Gasteiger partial charge in [-0.15, -0.1) is 0 Å². The van der Waals surface area contributed by atoms with Crippen molar-refractivity contribution in [2.45, 2.75) is 25.7 Å². The first-order valence-electron chi connectivity index (χ1n) is 9.48. The standard InChI is InChI=1S/C21H22FN3O3/c1-2-27-18-10-9-15(12-16(18)22)23-21(26)25-11-5-6-14(13-25)20-24-17-7-3-4-8-19(17)28-20/h3-4,7-10,12,14H,2,5-6,11,13H2,1H3,(H,23,26). The number of ether oxygens (including phenoxy) is 1. The summed E-state index contributed by atoms with van der Waals surface area (Å²) >= 11 is 0. The molecule has 1 aromatic heterocycles. The van der Waals surface area contributed by atoms with Gasteiger partial charge >= 0.3 is 6.03 Å². The number of likely N-dealkylation sites (tertiary alicyclic amines) is 1. The van der Waals surface area contributed by atoms with Gasteiger partial charge < -0.3 is 19.4 Å². The summed E-state index contributed by atoms with van der Waals surface area (Å²) in [7, 11) is 0. The van der Waals surface area contributed by atoms with Crippen LogP contribution in [-0.4, -0.2) is 35.6 Å². The Morgan fingerprint density at radius 2 is 2.21 bits per heavy atom. The summed E-state index contributed by atoms with van der Waals surface area (Å²) in [5.41, 5.74) is 1.97. The van der Waals surface area contributed by atoms with Gasteiger partial charge in [-0.2, -0.15) is 0 Å². The molecule has 3 aromatic rings. The van der Waals surface area contributed by atoms with Crippen LogP contribution in [0, 0.1) is 5.82 Å². The molecule has 7 heteroatoms. The lowest BCUT2D eigenvalue weighted by atomic mass is 9.98. The van der Waals surface area contributed by atoms with Crippen molar-refractivity contribution in [2.24, 2.45) is 0 Å². The zero-order chi connectivity index (χ0) is 19.5. The molecule has 0 radical (unpaired) electrons. The molecule has 1 saturated heterocycles. The number of piperidine rings is 1. The Hall–Kier alpha value is -3.09. The van der Waals surface area contributed by atoms with Gasteiger partial charge in [-0.25, -0.2) is 14.2 Å². The fourth-order valence-corrected chi connectivity index (χ4v) is 3.48. The van der Waals surface area contributed by atoms with Crippen LogP contribution >= 0.6 is 0 Å². The molecule has 1 aliphatic rings. The first kappa shape index (κ1) is 18.3. The summed E-state index contributed by atoms with van der Waals surface area (Å²) in [5, 5.41) is 2.76. The van der Waals surface area contributed by atoms with E-state index < -0.39 is 5.82 Å². The van der Waals surface area contributed by atoms with Crippen LogP contribution in [0.3, 0.4) is 0 Å². The highest BCUT2D eigenvalue weighted by atomic mass is 19.1. The number of hydrogen-bond donors (Lipinski definition) is 1. The number of oxazole rings is 1. The molecule has 1 fully saturated rings. The first-order valence-corrected chi connectivity index (χ1v) is 9.48. The van der Waals surface area contributed by atoms with Gasteiger partial charge in [0.05, 0.1) is 12.5 Å². The predicted molar refractivity (Wildman–Crippen MR) is 104 cm³/mol. The molecule has 0 saturated carbocycles. The number of hydrogen-bond acceptors (Lipinski definition) is 4. The predicted octanol–water partition coefficient (Wildman–Crippen LogP) is 4.78. The number of carbonyl (C=O) groups excluding carboxylic acids is 1. The lowest BCUT2D eigenvalue weighted by Crippen LogP contribution is -2.41. The van der Waals surface area contributed by atoms with Crippen molar-refractivity contribution >= 4 is 22.8 Å². The summed E-state index contributed by atoms with van der Waals surface area (Å²) in [6.45, 7) is 3.33. The molecule has 0 spiro atoms. The van der Waals surface area contributed by atoms with Crippen LogP contribution in [0.4, 0.5) is 14.9 Å². The normalized spacial score (nSPS) is 16.9. The number of nitrogens with zero attached hydrogens (tertiary/aromatic N) is 2. The highest BCUT2D eigenvalue weighted by Crippen LogP contribution is 2.29. The zero-order valence-electron chi connectivity index (χ0n) is 15.7. The first-order chi connectivity index (χ1) is 13.6. The third kappa shape index (κ3) is 3.78. The van der Waals surface area contributed by atoms with E-state index in [0.717, 1.165) is 23.9 Å². The Kier molecular flexibility index (Phi) is 5.14. The van der Waals surface area contributed by atoms with E-state index in [2.05, 4.69) is 10.3 Å². The maximum absolute atomic E-state index is 14.0. The third-order valence-corrected chi connectivity index (χ3v) is 4.85. The number of halogens is 1. The average molecular weight is 383 g/mol. The summed E-state index contributed by atoms with van der Waals surface area (Å²) in [5.74, 6) is 0.381. The second-order valence-corrected chi connectivity index (χ2v) is 6.81. The summed E-state index contributed by atoms with van der Waals surface area (Å²) in [6.07, 6.45) is 1.77. The van der Waals surface area contributed by atoms with Gasteiger partial charge in [0.1, 0.15) is 5.52 Å². The number of para-hydroxylation sites is 2. The van der Waals surface area contributed by atoms with Crippen molar-refractivity contribution in [3.63, 3.8) is 0 Å². The molecule has 2 heterocycles. The molecular formula is C21H22FN3O3. The van der Waals surface area contributed by atoms with Crippen LogP contribution in [0.5, 0.6) is 5.75 Å². The lowest BCUT2D eigenvalue weighted by molar-refractivity contribution is 0.187. The van der Waals surface area contributed by atoms with E-state index in [4.69, 9.17) is 9.15 Å². The number of anilines is 1. The van der Waals surface area contributed by atoms with Crippen LogP contribution in [-0.2, 0) is 0 Å². The Labute approximate surface area is 162 Å². The van der Waals surface area contributed by atoms with E-state index in [1.54, 1.807) is 17.9 Å². The highest BCUT2D eigenvalue weighted by molar-refractivity contribution is 5.89. The van der Waals surface area contributed by atoms with Crippen molar-refractivity contribution in [1.82, 2.24) is 9.88 Å². The molecule has 1 N–H and O–H groups in total. The molecular weight excluding hydrogens is 361 g/mol. The van der Waals surface area contributed by atoms with E-state index in [-0.39, 0.29) is 17.7 Å². The van der Waals surface area contributed by atoms with E-state index in [9.17, 15) is 9.18 Å². The Balaban J connectivity index is 1.44.